The summed E-state index contributed by atoms with van der Waals surface area (Å²) >= 11 is 0. The van der Waals surface area contributed by atoms with E-state index in [2.05, 4.69) is 18.8 Å². The highest BCUT2D eigenvalue weighted by atomic mass is 16.3. The van der Waals surface area contributed by atoms with Gasteiger partial charge in [0.05, 0.1) is 6.10 Å². The Morgan fingerprint density at radius 1 is 1.17 bits per heavy atom. The molecule has 0 aromatic carbocycles. The van der Waals surface area contributed by atoms with Crippen molar-refractivity contribution in [1.82, 2.24) is 0 Å². The maximum atomic E-state index is 8.89. The summed E-state index contributed by atoms with van der Waals surface area (Å²) in [5.41, 5.74) is 0. The standard InChI is InChI=1S/C11H20O/c1-3-4-5-6-7-8-9-10-11(2)12/h11-12H,3-7,10H2,1-2H3. The molecule has 0 aromatic heterocycles. The fourth-order valence-electron chi connectivity index (χ4n) is 0.948. The van der Waals surface area contributed by atoms with Crippen molar-refractivity contribution in [2.24, 2.45) is 0 Å². The smallest absolute Gasteiger partial charge is 0.0621 e. The first-order valence-corrected chi connectivity index (χ1v) is 4.91. The van der Waals surface area contributed by atoms with Crippen LogP contribution in [0.3, 0.4) is 0 Å². The summed E-state index contributed by atoms with van der Waals surface area (Å²) in [5, 5.41) is 8.89. The molecule has 0 aromatic rings. The highest BCUT2D eigenvalue weighted by Gasteiger charge is 1.88. The SMILES string of the molecule is CCCCCCC#CCC(C)O. The summed E-state index contributed by atoms with van der Waals surface area (Å²) in [4.78, 5) is 0. The van der Waals surface area contributed by atoms with Gasteiger partial charge in [0.2, 0.25) is 0 Å². The van der Waals surface area contributed by atoms with Crippen LogP contribution in [-0.4, -0.2) is 11.2 Å². The molecule has 70 valence electrons. The highest BCUT2D eigenvalue weighted by molar-refractivity contribution is 4.99. The van der Waals surface area contributed by atoms with E-state index in [1.165, 1.54) is 25.7 Å². The van der Waals surface area contributed by atoms with E-state index in [-0.39, 0.29) is 6.10 Å². The molecule has 1 nitrogen and oxygen atoms in total. The minimum absolute atomic E-state index is 0.270. The van der Waals surface area contributed by atoms with Crippen LogP contribution in [0.2, 0.25) is 0 Å². The molecule has 0 heterocycles. The van der Waals surface area contributed by atoms with E-state index in [1.54, 1.807) is 6.92 Å². The fraction of sp³-hybridized carbons (Fsp3) is 0.818. The van der Waals surface area contributed by atoms with Crippen molar-refractivity contribution in [3.63, 3.8) is 0 Å². The average molecular weight is 168 g/mol. The third-order valence-electron chi connectivity index (χ3n) is 1.68. The van der Waals surface area contributed by atoms with Gasteiger partial charge in [0.15, 0.2) is 0 Å². The summed E-state index contributed by atoms with van der Waals surface area (Å²) in [6.45, 7) is 3.98. The Bertz CT molecular complexity index is 139. The average Bonchev–Trinajstić information content (AvgIpc) is 2.02. The van der Waals surface area contributed by atoms with Crippen molar-refractivity contribution >= 4 is 0 Å². The van der Waals surface area contributed by atoms with Crippen LogP contribution < -0.4 is 0 Å². The van der Waals surface area contributed by atoms with Gasteiger partial charge < -0.3 is 5.11 Å². The predicted octanol–water partition coefficient (Wildman–Crippen LogP) is 2.73. The third-order valence-corrected chi connectivity index (χ3v) is 1.68. The molecule has 1 heteroatoms. The molecule has 12 heavy (non-hydrogen) atoms. The quantitative estimate of drug-likeness (QED) is 0.494. The molecular formula is C11H20O. The largest absolute Gasteiger partial charge is 0.392 e. The van der Waals surface area contributed by atoms with Gasteiger partial charge in [-0.1, -0.05) is 26.2 Å². The zero-order chi connectivity index (χ0) is 9.23. The highest BCUT2D eigenvalue weighted by Crippen LogP contribution is 2.01. The molecule has 0 saturated heterocycles. The van der Waals surface area contributed by atoms with Gasteiger partial charge in [0.1, 0.15) is 0 Å². The Kier molecular flexibility index (Phi) is 8.27. The molecule has 0 amide bonds. The van der Waals surface area contributed by atoms with Crippen LogP contribution >= 0.6 is 0 Å². The second-order valence-corrected chi connectivity index (χ2v) is 3.22. The Morgan fingerprint density at radius 2 is 1.92 bits per heavy atom. The van der Waals surface area contributed by atoms with E-state index in [0.29, 0.717) is 6.42 Å². The number of rotatable bonds is 5. The molecule has 0 saturated carbocycles. The third kappa shape index (κ3) is 9.52. The lowest BCUT2D eigenvalue weighted by Gasteiger charge is -1.94. The van der Waals surface area contributed by atoms with E-state index >= 15 is 0 Å². The second-order valence-electron chi connectivity index (χ2n) is 3.22. The molecule has 1 N–H and O–H groups in total. The molecule has 1 atom stereocenters. The van der Waals surface area contributed by atoms with E-state index in [4.69, 9.17) is 5.11 Å². The van der Waals surface area contributed by atoms with Gasteiger partial charge in [0.25, 0.3) is 0 Å². The molecule has 0 rings (SSSR count). The number of hydrogen-bond acceptors (Lipinski definition) is 1. The van der Waals surface area contributed by atoms with Crippen LogP contribution in [0, 0.1) is 11.8 Å². The molecule has 0 aliphatic rings. The lowest BCUT2D eigenvalue weighted by Crippen LogP contribution is -1.95. The predicted molar refractivity (Wildman–Crippen MR) is 52.8 cm³/mol. The topological polar surface area (TPSA) is 20.2 Å². The van der Waals surface area contributed by atoms with Gasteiger partial charge in [0, 0.05) is 12.8 Å². The fourth-order valence-corrected chi connectivity index (χ4v) is 0.948. The van der Waals surface area contributed by atoms with Crippen LogP contribution in [-0.2, 0) is 0 Å². The zero-order valence-corrected chi connectivity index (χ0v) is 8.27. The number of hydrogen-bond donors (Lipinski definition) is 1. The van der Waals surface area contributed by atoms with Crippen LogP contribution in [0.5, 0.6) is 0 Å². The minimum atomic E-state index is -0.270. The lowest BCUT2D eigenvalue weighted by atomic mass is 10.1. The van der Waals surface area contributed by atoms with Crippen molar-refractivity contribution in [2.45, 2.75) is 58.5 Å². The monoisotopic (exact) mass is 168 g/mol. The summed E-state index contributed by atoms with van der Waals surface area (Å²) in [6, 6.07) is 0. The summed E-state index contributed by atoms with van der Waals surface area (Å²) in [6.07, 6.45) is 6.44. The normalized spacial score (nSPS) is 11.9. The number of aliphatic hydroxyl groups is 1. The second kappa shape index (κ2) is 8.62. The van der Waals surface area contributed by atoms with E-state index < -0.39 is 0 Å². The van der Waals surface area contributed by atoms with Crippen LogP contribution in [0.1, 0.15) is 52.4 Å². The van der Waals surface area contributed by atoms with Gasteiger partial charge in [-0.05, 0) is 13.3 Å². The van der Waals surface area contributed by atoms with Gasteiger partial charge in [-0.25, -0.2) is 0 Å². The molecule has 1 unspecified atom stereocenters. The summed E-state index contributed by atoms with van der Waals surface area (Å²) in [7, 11) is 0. The van der Waals surface area contributed by atoms with E-state index in [1.807, 2.05) is 0 Å². The molecule has 0 radical (unpaired) electrons. The Balaban J connectivity index is 3.10. The van der Waals surface area contributed by atoms with Crippen LogP contribution in [0.4, 0.5) is 0 Å². The van der Waals surface area contributed by atoms with Crippen molar-refractivity contribution in [2.75, 3.05) is 0 Å². The maximum absolute atomic E-state index is 8.89. The molecular weight excluding hydrogens is 148 g/mol. The number of aliphatic hydroxyl groups excluding tert-OH is 1. The van der Waals surface area contributed by atoms with Crippen molar-refractivity contribution < 1.29 is 5.11 Å². The first kappa shape index (κ1) is 11.5. The van der Waals surface area contributed by atoms with Crippen LogP contribution in [0.25, 0.3) is 0 Å². The Hall–Kier alpha value is -0.480. The van der Waals surface area contributed by atoms with E-state index in [9.17, 15) is 0 Å². The Labute approximate surface area is 76.2 Å². The maximum Gasteiger partial charge on any atom is 0.0621 e. The first-order valence-electron chi connectivity index (χ1n) is 4.91. The molecule has 0 aliphatic heterocycles. The molecule has 0 fully saturated rings. The van der Waals surface area contributed by atoms with Crippen molar-refractivity contribution in [1.29, 1.82) is 0 Å². The van der Waals surface area contributed by atoms with Crippen molar-refractivity contribution in [3.05, 3.63) is 0 Å². The molecule has 0 spiro atoms. The van der Waals surface area contributed by atoms with Gasteiger partial charge in [-0.15, -0.1) is 11.8 Å². The molecule has 0 bridgehead atoms. The number of unbranched alkanes of at least 4 members (excludes halogenated alkanes) is 4. The van der Waals surface area contributed by atoms with Crippen LogP contribution in [0.15, 0.2) is 0 Å². The van der Waals surface area contributed by atoms with E-state index in [0.717, 1.165) is 6.42 Å². The van der Waals surface area contributed by atoms with Gasteiger partial charge in [-0.3, -0.25) is 0 Å². The Morgan fingerprint density at radius 3 is 2.50 bits per heavy atom. The summed E-state index contributed by atoms with van der Waals surface area (Å²) < 4.78 is 0. The summed E-state index contributed by atoms with van der Waals surface area (Å²) in [5.74, 6) is 6.03. The van der Waals surface area contributed by atoms with Crippen molar-refractivity contribution in [3.8, 4) is 11.8 Å². The zero-order valence-electron chi connectivity index (χ0n) is 8.27. The van der Waals surface area contributed by atoms with Gasteiger partial charge >= 0.3 is 0 Å². The molecule has 0 aliphatic carbocycles. The lowest BCUT2D eigenvalue weighted by molar-refractivity contribution is 0.201. The van der Waals surface area contributed by atoms with Gasteiger partial charge in [-0.2, -0.15) is 0 Å². The minimum Gasteiger partial charge on any atom is -0.392 e. The first-order chi connectivity index (χ1) is 5.77.